The standard InChI is InChI=1S/C22H22N6O3/c1-30-18-11-15(7-8-25-18)26-21(16-12-28-9-10-31-13-17(28)27-16)22(29)20(24)19(23)14-5-3-2-4-6-14/h2-8,11-12,21,23-24H,9-10,13H2,1H3,(H,25,26). The van der Waals surface area contributed by atoms with E-state index in [2.05, 4.69) is 15.3 Å². The molecular formula is C22H22N6O3. The number of hydrogen-bond donors (Lipinski definition) is 3. The number of carbonyl (C=O) groups is 1. The second-order valence-electron chi connectivity index (χ2n) is 6.97. The summed E-state index contributed by atoms with van der Waals surface area (Å²) in [5.74, 6) is 0.555. The molecule has 0 bridgehead atoms. The zero-order valence-electron chi connectivity index (χ0n) is 17.0. The zero-order chi connectivity index (χ0) is 21.8. The summed E-state index contributed by atoms with van der Waals surface area (Å²) in [7, 11) is 1.51. The van der Waals surface area contributed by atoms with Crippen LogP contribution in [0, 0.1) is 10.8 Å². The van der Waals surface area contributed by atoms with Gasteiger partial charge in [-0.1, -0.05) is 30.3 Å². The lowest BCUT2D eigenvalue weighted by Crippen LogP contribution is -2.32. The van der Waals surface area contributed by atoms with Gasteiger partial charge >= 0.3 is 0 Å². The number of benzene rings is 1. The van der Waals surface area contributed by atoms with E-state index in [1.807, 2.05) is 10.6 Å². The minimum absolute atomic E-state index is 0.142. The number of Topliss-reactive ketones (excluding diaryl/α,β-unsaturated/α-hetero) is 1. The van der Waals surface area contributed by atoms with Crippen LogP contribution in [-0.2, 0) is 22.7 Å². The fourth-order valence-electron chi connectivity index (χ4n) is 3.32. The summed E-state index contributed by atoms with van der Waals surface area (Å²) in [5, 5.41) is 19.9. The highest BCUT2D eigenvalue weighted by molar-refractivity contribution is 6.69. The smallest absolute Gasteiger partial charge is 0.214 e. The number of aromatic nitrogens is 3. The van der Waals surface area contributed by atoms with E-state index in [4.69, 9.17) is 20.3 Å². The molecule has 9 heteroatoms. The lowest BCUT2D eigenvalue weighted by atomic mass is 9.97. The summed E-state index contributed by atoms with van der Waals surface area (Å²) in [5.41, 5.74) is 1.02. The maximum Gasteiger partial charge on any atom is 0.214 e. The maximum atomic E-state index is 13.4. The fraction of sp³-hybridized carbons (Fsp3) is 0.227. The van der Waals surface area contributed by atoms with Crippen LogP contribution in [0.3, 0.4) is 0 Å². The Labute approximate surface area is 179 Å². The average molecular weight is 418 g/mol. The van der Waals surface area contributed by atoms with E-state index >= 15 is 0 Å². The van der Waals surface area contributed by atoms with Crippen molar-refractivity contribution >= 4 is 22.9 Å². The van der Waals surface area contributed by atoms with E-state index in [1.165, 1.54) is 7.11 Å². The van der Waals surface area contributed by atoms with E-state index in [0.717, 1.165) is 5.82 Å². The van der Waals surface area contributed by atoms with Crippen molar-refractivity contribution in [1.82, 2.24) is 14.5 Å². The third-order valence-corrected chi connectivity index (χ3v) is 4.96. The fourth-order valence-corrected chi connectivity index (χ4v) is 3.32. The number of carbonyl (C=O) groups excluding carboxylic acids is 1. The molecule has 1 aliphatic heterocycles. The van der Waals surface area contributed by atoms with Gasteiger partial charge in [0, 0.05) is 36.3 Å². The summed E-state index contributed by atoms with van der Waals surface area (Å²) in [4.78, 5) is 22.0. The molecule has 1 aromatic carbocycles. The van der Waals surface area contributed by atoms with Crippen LogP contribution in [0.1, 0.15) is 23.1 Å². The van der Waals surface area contributed by atoms with Crippen molar-refractivity contribution < 1.29 is 14.3 Å². The highest BCUT2D eigenvalue weighted by atomic mass is 16.5. The molecule has 158 valence electrons. The molecule has 0 radical (unpaired) electrons. The van der Waals surface area contributed by atoms with E-state index in [1.54, 1.807) is 48.8 Å². The highest BCUT2D eigenvalue weighted by Crippen LogP contribution is 2.24. The summed E-state index contributed by atoms with van der Waals surface area (Å²) in [6, 6.07) is 11.2. The monoisotopic (exact) mass is 418 g/mol. The molecule has 0 saturated carbocycles. The van der Waals surface area contributed by atoms with Gasteiger partial charge in [0.05, 0.1) is 25.1 Å². The minimum atomic E-state index is -0.957. The van der Waals surface area contributed by atoms with Crippen molar-refractivity contribution in [3.63, 3.8) is 0 Å². The molecule has 3 heterocycles. The van der Waals surface area contributed by atoms with Gasteiger partial charge in [0.2, 0.25) is 11.7 Å². The molecule has 0 aliphatic carbocycles. The number of imidazole rings is 1. The van der Waals surface area contributed by atoms with Gasteiger partial charge in [-0.25, -0.2) is 9.97 Å². The zero-order valence-corrected chi connectivity index (χ0v) is 17.0. The Bertz CT molecular complexity index is 1100. The van der Waals surface area contributed by atoms with Gasteiger partial charge in [-0.15, -0.1) is 0 Å². The normalized spacial score (nSPS) is 13.7. The van der Waals surface area contributed by atoms with Crippen LogP contribution in [-0.4, -0.2) is 45.5 Å². The van der Waals surface area contributed by atoms with Gasteiger partial charge in [0.1, 0.15) is 24.2 Å². The van der Waals surface area contributed by atoms with Crippen LogP contribution in [0.5, 0.6) is 5.88 Å². The number of ketones is 1. The first kappa shape index (κ1) is 20.4. The van der Waals surface area contributed by atoms with Gasteiger partial charge in [0.15, 0.2) is 0 Å². The molecule has 3 aromatic rings. The van der Waals surface area contributed by atoms with Crippen molar-refractivity contribution in [1.29, 1.82) is 10.8 Å². The predicted molar refractivity (Wildman–Crippen MR) is 115 cm³/mol. The number of nitrogens with zero attached hydrogens (tertiary/aromatic N) is 3. The number of fused-ring (bicyclic) bond motifs is 1. The van der Waals surface area contributed by atoms with Crippen LogP contribution in [0.2, 0.25) is 0 Å². The number of rotatable bonds is 8. The molecule has 1 unspecified atom stereocenters. The Morgan fingerprint density at radius 1 is 1.26 bits per heavy atom. The molecule has 9 nitrogen and oxygen atoms in total. The number of methoxy groups -OCH3 is 1. The Hall–Kier alpha value is -3.85. The molecule has 3 N–H and O–H groups in total. The predicted octanol–water partition coefficient (Wildman–Crippen LogP) is 2.63. The molecule has 0 saturated heterocycles. The first-order valence-electron chi connectivity index (χ1n) is 9.74. The molecule has 0 fully saturated rings. The van der Waals surface area contributed by atoms with Crippen LogP contribution < -0.4 is 10.1 Å². The second kappa shape index (κ2) is 8.88. The van der Waals surface area contributed by atoms with Gasteiger partial charge < -0.3 is 19.4 Å². The van der Waals surface area contributed by atoms with Crippen LogP contribution in [0.15, 0.2) is 54.9 Å². The molecule has 0 amide bonds. The van der Waals surface area contributed by atoms with Crippen molar-refractivity contribution in [3.8, 4) is 5.88 Å². The van der Waals surface area contributed by atoms with E-state index in [9.17, 15) is 4.79 Å². The van der Waals surface area contributed by atoms with E-state index < -0.39 is 17.5 Å². The maximum absolute atomic E-state index is 13.4. The second-order valence-corrected chi connectivity index (χ2v) is 6.97. The summed E-state index contributed by atoms with van der Waals surface area (Å²) >= 11 is 0. The molecule has 0 spiro atoms. The summed E-state index contributed by atoms with van der Waals surface area (Å²) in [6.45, 7) is 1.58. The third-order valence-electron chi connectivity index (χ3n) is 4.96. The van der Waals surface area contributed by atoms with Crippen LogP contribution >= 0.6 is 0 Å². The lowest BCUT2D eigenvalue weighted by molar-refractivity contribution is -0.113. The van der Waals surface area contributed by atoms with Crippen molar-refractivity contribution in [3.05, 3.63) is 71.9 Å². The minimum Gasteiger partial charge on any atom is -0.481 e. The largest absolute Gasteiger partial charge is 0.481 e. The van der Waals surface area contributed by atoms with E-state index in [-0.39, 0.29) is 5.71 Å². The first-order valence-corrected chi connectivity index (χ1v) is 9.74. The van der Waals surface area contributed by atoms with Gasteiger partial charge in [-0.2, -0.15) is 0 Å². The van der Waals surface area contributed by atoms with Crippen molar-refractivity contribution in [2.45, 2.75) is 19.2 Å². The van der Waals surface area contributed by atoms with Crippen LogP contribution in [0.4, 0.5) is 5.69 Å². The first-order chi connectivity index (χ1) is 15.1. The molecule has 31 heavy (non-hydrogen) atoms. The van der Waals surface area contributed by atoms with Crippen LogP contribution in [0.25, 0.3) is 0 Å². The number of ether oxygens (including phenoxy) is 2. The summed E-state index contributed by atoms with van der Waals surface area (Å²) < 4.78 is 12.6. The van der Waals surface area contributed by atoms with Crippen molar-refractivity contribution in [2.24, 2.45) is 0 Å². The summed E-state index contributed by atoms with van der Waals surface area (Å²) in [6.07, 6.45) is 3.36. The molecule has 1 atom stereocenters. The van der Waals surface area contributed by atoms with E-state index in [0.29, 0.717) is 42.6 Å². The average Bonchev–Trinajstić information content (AvgIpc) is 3.26. The van der Waals surface area contributed by atoms with Gasteiger partial charge in [-0.05, 0) is 6.07 Å². The Kier molecular flexibility index (Phi) is 5.85. The van der Waals surface area contributed by atoms with Gasteiger partial charge in [-0.3, -0.25) is 15.6 Å². The molecule has 2 aromatic heterocycles. The van der Waals surface area contributed by atoms with Crippen molar-refractivity contribution in [2.75, 3.05) is 19.0 Å². The lowest BCUT2D eigenvalue weighted by Gasteiger charge is -2.18. The number of anilines is 1. The molecule has 1 aliphatic rings. The highest BCUT2D eigenvalue weighted by Gasteiger charge is 2.30. The number of hydrogen-bond acceptors (Lipinski definition) is 8. The quantitative estimate of drug-likeness (QED) is 0.483. The topological polar surface area (TPSA) is 126 Å². The Morgan fingerprint density at radius 2 is 2.06 bits per heavy atom. The molecule has 4 rings (SSSR count). The SMILES string of the molecule is COc1cc(NC(C(=O)C(=N)C(=N)c2ccccc2)c2cn3c(n2)COCC3)ccn1. The molecular weight excluding hydrogens is 396 g/mol. The van der Waals surface area contributed by atoms with Gasteiger partial charge in [0.25, 0.3) is 0 Å². The Balaban J connectivity index is 1.67. The Morgan fingerprint density at radius 3 is 2.81 bits per heavy atom. The number of pyridine rings is 1. The number of nitrogens with one attached hydrogen (secondary N) is 3. The third kappa shape index (κ3) is 4.36.